The van der Waals surface area contributed by atoms with Crippen molar-refractivity contribution in [2.75, 3.05) is 27.8 Å². The highest BCUT2D eigenvalue weighted by Gasteiger charge is 2.47. The maximum Gasteiger partial charge on any atom is 0.273 e. The van der Waals surface area contributed by atoms with Gasteiger partial charge in [-0.3, -0.25) is 19.7 Å². The fourth-order valence-corrected chi connectivity index (χ4v) is 5.99. The molecule has 1 aliphatic rings. The largest absolute Gasteiger partial charge is 0.382 e. The third kappa shape index (κ3) is 5.99. The maximum absolute atomic E-state index is 13.8. The molecule has 44 heavy (non-hydrogen) atoms. The molecule has 0 unspecified atom stereocenters. The fraction of sp³-hybridized carbons (Fsp3) is 0.303. The highest BCUT2D eigenvalue weighted by Crippen LogP contribution is 2.49. The van der Waals surface area contributed by atoms with Gasteiger partial charge in [-0.1, -0.05) is 18.2 Å². The van der Waals surface area contributed by atoms with Gasteiger partial charge >= 0.3 is 0 Å². The van der Waals surface area contributed by atoms with Crippen LogP contribution in [0.3, 0.4) is 0 Å². The van der Waals surface area contributed by atoms with Gasteiger partial charge in [-0.25, -0.2) is 4.98 Å². The van der Waals surface area contributed by atoms with E-state index >= 15 is 0 Å². The van der Waals surface area contributed by atoms with Crippen LogP contribution in [0, 0.1) is 6.92 Å². The molecule has 226 valence electrons. The van der Waals surface area contributed by atoms with E-state index in [0.29, 0.717) is 30.2 Å². The molecule has 0 bridgehead atoms. The van der Waals surface area contributed by atoms with Gasteiger partial charge in [0, 0.05) is 49.3 Å². The molecule has 2 amide bonds. The lowest BCUT2D eigenvalue weighted by Crippen LogP contribution is -2.35. The van der Waals surface area contributed by atoms with E-state index in [0.717, 1.165) is 51.7 Å². The summed E-state index contributed by atoms with van der Waals surface area (Å²) >= 11 is 1.53. The summed E-state index contributed by atoms with van der Waals surface area (Å²) in [5.74, 6) is -0.320. The summed E-state index contributed by atoms with van der Waals surface area (Å²) in [7, 11) is 5.03. The fourth-order valence-electron chi connectivity index (χ4n) is 5.44. The third-order valence-electron chi connectivity index (χ3n) is 7.95. The van der Waals surface area contributed by atoms with Gasteiger partial charge < -0.3 is 19.7 Å². The Bertz CT molecular complexity index is 1810. The monoisotopic (exact) mass is 610 g/mol. The molecule has 3 aromatic heterocycles. The van der Waals surface area contributed by atoms with Gasteiger partial charge in [0.25, 0.3) is 11.8 Å². The molecule has 11 heteroatoms. The first kappa shape index (κ1) is 29.6. The van der Waals surface area contributed by atoms with Crippen LogP contribution in [0.4, 0.5) is 0 Å². The second kappa shape index (κ2) is 12.3. The summed E-state index contributed by atoms with van der Waals surface area (Å²) in [6.07, 6.45) is 3.07. The lowest BCUT2D eigenvalue weighted by molar-refractivity contribution is -0.0139. The molecule has 5 aromatic rings. The number of ether oxygens (including phenoxy) is 2. The predicted octanol–water partition coefficient (Wildman–Crippen LogP) is 5.42. The third-order valence-corrected chi connectivity index (χ3v) is 8.59. The minimum absolute atomic E-state index is 0.138. The van der Waals surface area contributed by atoms with E-state index < -0.39 is 5.54 Å². The summed E-state index contributed by atoms with van der Waals surface area (Å²) in [5.41, 5.74) is 8.21. The zero-order chi connectivity index (χ0) is 30.8. The molecule has 0 radical (unpaired) electrons. The Morgan fingerprint density at radius 1 is 1.14 bits per heavy atom. The Hall–Kier alpha value is -4.45. The zero-order valence-electron chi connectivity index (χ0n) is 25.1. The second-order valence-electron chi connectivity index (χ2n) is 11.3. The quantitative estimate of drug-likeness (QED) is 0.205. The number of carbonyl (C=O) groups excluding carboxylic acids is 2. The van der Waals surface area contributed by atoms with Crippen molar-refractivity contribution in [1.29, 1.82) is 0 Å². The Labute approximate surface area is 259 Å². The van der Waals surface area contributed by atoms with Crippen LogP contribution < -0.4 is 5.32 Å². The molecule has 10 nitrogen and oxygen atoms in total. The van der Waals surface area contributed by atoms with Crippen LogP contribution >= 0.6 is 11.3 Å². The maximum atomic E-state index is 13.8. The molecular formula is C33H34N6O4S. The van der Waals surface area contributed by atoms with Crippen molar-refractivity contribution >= 4 is 34.1 Å². The topological polar surface area (TPSA) is 122 Å². The first-order valence-corrected chi connectivity index (χ1v) is 15.3. The number of fused-ring (bicyclic) bond motifs is 1. The lowest BCUT2D eigenvalue weighted by atomic mass is 9.94. The molecule has 1 atom stereocenters. The molecule has 0 aliphatic heterocycles. The average Bonchev–Trinajstić information content (AvgIpc) is 3.38. The number of nitrogens with one attached hydrogen (secondary N) is 2. The number of amides is 2. The van der Waals surface area contributed by atoms with Crippen molar-refractivity contribution in [3.05, 3.63) is 99.3 Å². The van der Waals surface area contributed by atoms with Crippen molar-refractivity contribution in [3.63, 3.8) is 0 Å². The zero-order valence-corrected chi connectivity index (χ0v) is 25.9. The summed E-state index contributed by atoms with van der Waals surface area (Å²) in [6, 6.07) is 15.5. The SMILES string of the molecule is COC[C@H](OCc1cscn1)c1ccc(C(=O)NC2(c3cc(-c4cc(C(=O)N(C)C)n[nH]4)cc4ncccc34)CC2)c(C)c1. The predicted molar refractivity (Wildman–Crippen MR) is 168 cm³/mol. The van der Waals surface area contributed by atoms with Gasteiger partial charge in [-0.05, 0) is 66.8 Å². The number of thiazole rings is 1. The Balaban J connectivity index is 1.26. The number of aromatic nitrogens is 4. The number of aromatic amines is 1. The molecule has 0 spiro atoms. The van der Waals surface area contributed by atoms with E-state index in [1.165, 1.54) is 16.2 Å². The number of methoxy groups -OCH3 is 1. The Kier molecular flexibility index (Phi) is 8.26. The van der Waals surface area contributed by atoms with Crippen molar-refractivity contribution < 1.29 is 19.1 Å². The van der Waals surface area contributed by atoms with Crippen LogP contribution in [-0.4, -0.2) is 64.7 Å². The minimum atomic E-state index is -0.531. The summed E-state index contributed by atoms with van der Waals surface area (Å²) in [5, 5.41) is 13.5. The van der Waals surface area contributed by atoms with Crippen molar-refractivity contribution in [2.45, 2.75) is 38.0 Å². The van der Waals surface area contributed by atoms with E-state index in [1.54, 1.807) is 39.0 Å². The number of nitrogens with zero attached hydrogens (tertiary/aromatic N) is 4. The van der Waals surface area contributed by atoms with Crippen LogP contribution in [-0.2, 0) is 21.6 Å². The van der Waals surface area contributed by atoms with Gasteiger partial charge in [0.05, 0.1) is 41.2 Å². The molecule has 1 saturated carbocycles. The smallest absolute Gasteiger partial charge is 0.273 e. The summed E-state index contributed by atoms with van der Waals surface area (Å²) < 4.78 is 11.5. The van der Waals surface area contributed by atoms with E-state index in [4.69, 9.17) is 9.47 Å². The van der Waals surface area contributed by atoms with Gasteiger partial charge in [0.2, 0.25) is 0 Å². The molecule has 2 N–H and O–H groups in total. The number of hydrogen-bond donors (Lipinski definition) is 2. The number of carbonyl (C=O) groups is 2. The van der Waals surface area contributed by atoms with Gasteiger partial charge in [-0.2, -0.15) is 5.10 Å². The first-order valence-electron chi connectivity index (χ1n) is 14.4. The van der Waals surface area contributed by atoms with Crippen LogP contribution in [0.15, 0.2) is 65.6 Å². The molecule has 3 heterocycles. The van der Waals surface area contributed by atoms with Crippen LogP contribution in [0.25, 0.3) is 22.2 Å². The van der Waals surface area contributed by atoms with Gasteiger partial charge in [-0.15, -0.1) is 11.3 Å². The number of aryl methyl sites for hydroxylation is 1. The number of hydrogen-bond acceptors (Lipinski definition) is 8. The van der Waals surface area contributed by atoms with E-state index in [-0.39, 0.29) is 17.9 Å². The first-order chi connectivity index (χ1) is 21.3. The lowest BCUT2D eigenvalue weighted by Gasteiger charge is -2.22. The van der Waals surface area contributed by atoms with Crippen molar-refractivity contribution in [2.24, 2.45) is 0 Å². The minimum Gasteiger partial charge on any atom is -0.382 e. The number of rotatable bonds is 11. The number of benzene rings is 2. The van der Waals surface area contributed by atoms with Crippen molar-refractivity contribution in [1.82, 2.24) is 30.4 Å². The number of pyridine rings is 1. The molecule has 0 saturated heterocycles. The van der Waals surface area contributed by atoms with Crippen LogP contribution in [0.2, 0.25) is 0 Å². The highest BCUT2D eigenvalue weighted by molar-refractivity contribution is 7.07. The standard InChI is InChI=1S/C33H34N6O4S/c1-20-12-21(30(17-42-4)43-16-23-18-44-19-35-23)7-8-24(20)31(40)36-33(9-10-33)26-13-22(14-28-25(26)6-5-11-34-28)27-15-29(38-37-27)32(41)39(2)3/h5-8,11-15,18-19,30H,9-10,16-17H2,1-4H3,(H,36,40)(H,37,38)/t30-/m0/s1. The summed E-state index contributed by atoms with van der Waals surface area (Å²) in [6.45, 7) is 2.71. The summed E-state index contributed by atoms with van der Waals surface area (Å²) in [4.78, 5) is 36.6. The molecule has 1 aliphatic carbocycles. The Morgan fingerprint density at radius 3 is 2.68 bits per heavy atom. The van der Waals surface area contributed by atoms with Crippen molar-refractivity contribution in [3.8, 4) is 11.3 Å². The molecular weight excluding hydrogens is 576 g/mol. The van der Waals surface area contributed by atoms with E-state index in [9.17, 15) is 9.59 Å². The molecule has 2 aromatic carbocycles. The highest BCUT2D eigenvalue weighted by atomic mass is 32.1. The van der Waals surface area contributed by atoms with E-state index in [2.05, 4.69) is 31.5 Å². The number of H-pyrrole nitrogens is 1. The van der Waals surface area contributed by atoms with E-state index in [1.807, 2.05) is 48.7 Å². The average molecular weight is 611 g/mol. The van der Waals surface area contributed by atoms with Gasteiger partial charge in [0.15, 0.2) is 5.69 Å². The van der Waals surface area contributed by atoms with Crippen LogP contribution in [0.5, 0.6) is 0 Å². The second-order valence-corrected chi connectivity index (χ2v) is 12.0. The molecule has 1 fully saturated rings. The van der Waals surface area contributed by atoms with Gasteiger partial charge in [0.1, 0.15) is 6.10 Å². The Morgan fingerprint density at radius 2 is 1.98 bits per heavy atom. The molecule has 6 rings (SSSR count). The van der Waals surface area contributed by atoms with Crippen LogP contribution in [0.1, 0.15) is 62.2 Å². The normalized spacial score (nSPS) is 14.4.